The van der Waals surface area contributed by atoms with Crippen molar-refractivity contribution in [3.8, 4) is 28.5 Å². The van der Waals surface area contributed by atoms with Gasteiger partial charge in [-0.25, -0.2) is 15.0 Å². The Labute approximate surface area is 211 Å². The van der Waals surface area contributed by atoms with Gasteiger partial charge in [0.2, 0.25) is 0 Å². The zero-order valence-corrected chi connectivity index (χ0v) is 20.5. The monoisotopic (exact) mass is 507 g/mol. The molecule has 0 spiro atoms. The van der Waals surface area contributed by atoms with Gasteiger partial charge in [-0.2, -0.15) is 13.2 Å². The fraction of sp³-hybridized carbons (Fsp3) is 0.259. The summed E-state index contributed by atoms with van der Waals surface area (Å²) in [5, 5.41) is 0. The molecule has 5 rings (SSSR count). The van der Waals surface area contributed by atoms with Crippen LogP contribution in [0.5, 0.6) is 5.75 Å². The first-order chi connectivity index (χ1) is 17.6. The fourth-order valence-corrected chi connectivity index (χ4v) is 4.30. The number of ether oxygens (including phenoxy) is 1. The van der Waals surface area contributed by atoms with Gasteiger partial charge in [0.25, 0.3) is 5.91 Å². The van der Waals surface area contributed by atoms with Crippen molar-refractivity contribution in [1.29, 1.82) is 0 Å². The molecule has 2 aromatic carbocycles. The van der Waals surface area contributed by atoms with Gasteiger partial charge >= 0.3 is 6.18 Å². The first-order valence-corrected chi connectivity index (χ1v) is 11.7. The number of rotatable bonds is 5. The molecule has 0 fully saturated rings. The summed E-state index contributed by atoms with van der Waals surface area (Å²) in [5.74, 6) is 1.49. The van der Waals surface area contributed by atoms with Crippen molar-refractivity contribution in [2.24, 2.45) is 7.05 Å². The predicted molar refractivity (Wildman–Crippen MR) is 132 cm³/mol. The lowest BCUT2D eigenvalue weighted by Gasteiger charge is -2.28. The number of nitrogens with zero attached hydrogens (tertiary/aromatic N) is 5. The molecule has 0 unspecified atom stereocenters. The highest BCUT2D eigenvalue weighted by Gasteiger charge is 2.34. The van der Waals surface area contributed by atoms with Gasteiger partial charge in [0.1, 0.15) is 5.82 Å². The zero-order chi connectivity index (χ0) is 26.3. The van der Waals surface area contributed by atoms with E-state index in [1.807, 2.05) is 24.3 Å². The molecule has 4 aromatic rings. The number of benzene rings is 2. The van der Waals surface area contributed by atoms with Crippen LogP contribution < -0.4 is 9.64 Å². The molecule has 0 N–H and O–H groups in total. The third kappa shape index (κ3) is 4.78. The van der Waals surface area contributed by atoms with Crippen LogP contribution in [0.15, 0.2) is 60.9 Å². The van der Waals surface area contributed by atoms with E-state index in [2.05, 4.69) is 23.8 Å². The van der Waals surface area contributed by atoms with Crippen molar-refractivity contribution in [2.45, 2.75) is 32.5 Å². The number of amides is 1. The second kappa shape index (κ2) is 9.34. The Balaban J connectivity index is 1.44. The molecule has 0 bridgehead atoms. The number of anilines is 1. The van der Waals surface area contributed by atoms with E-state index in [1.165, 1.54) is 11.6 Å². The standard InChI is InChI=1S/C27H24F3N5O2/c1-16(2)19-6-4-5-7-20(19)24-31-12-21-26(33-24)35(23(36)15-37-21)13-17-8-10-18(11-9-17)25-32-22(14-34(25)3)27(28,29)30/h4-12,14,16H,13,15H2,1-3H3. The summed E-state index contributed by atoms with van der Waals surface area (Å²) >= 11 is 0. The summed E-state index contributed by atoms with van der Waals surface area (Å²) in [4.78, 5) is 27.3. The van der Waals surface area contributed by atoms with Gasteiger partial charge in [-0.1, -0.05) is 62.4 Å². The number of halogens is 3. The highest BCUT2D eigenvalue weighted by molar-refractivity contribution is 5.96. The summed E-state index contributed by atoms with van der Waals surface area (Å²) in [7, 11) is 1.52. The van der Waals surface area contributed by atoms with Crippen molar-refractivity contribution in [3.63, 3.8) is 0 Å². The molecule has 10 heteroatoms. The Hall–Kier alpha value is -4.21. The molecule has 0 atom stereocenters. The molecule has 1 amide bonds. The Morgan fingerprint density at radius 3 is 2.46 bits per heavy atom. The molecule has 2 aromatic heterocycles. The van der Waals surface area contributed by atoms with E-state index in [1.54, 1.807) is 35.4 Å². The number of hydrogen-bond acceptors (Lipinski definition) is 5. The number of carbonyl (C=O) groups is 1. The first-order valence-electron chi connectivity index (χ1n) is 11.7. The van der Waals surface area contributed by atoms with E-state index >= 15 is 0 Å². The van der Waals surface area contributed by atoms with Crippen LogP contribution in [-0.2, 0) is 24.6 Å². The van der Waals surface area contributed by atoms with E-state index in [0.29, 0.717) is 23.0 Å². The maximum absolute atomic E-state index is 13.0. The minimum absolute atomic E-state index is 0.135. The lowest BCUT2D eigenvalue weighted by atomic mass is 9.97. The predicted octanol–water partition coefficient (Wildman–Crippen LogP) is 5.61. The second-order valence-corrected chi connectivity index (χ2v) is 9.15. The highest BCUT2D eigenvalue weighted by Crippen LogP contribution is 2.35. The molecule has 0 saturated heterocycles. The molecule has 7 nitrogen and oxygen atoms in total. The van der Waals surface area contributed by atoms with Crippen molar-refractivity contribution in [2.75, 3.05) is 11.5 Å². The van der Waals surface area contributed by atoms with Crippen molar-refractivity contribution in [3.05, 3.63) is 77.7 Å². The quantitative estimate of drug-likeness (QED) is 0.351. The van der Waals surface area contributed by atoms with Crippen LogP contribution >= 0.6 is 0 Å². The first kappa shape index (κ1) is 24.5. The number of imidazole rings is 1. The van der Waals surface area contributed by atoms with Gasteiger partial charge in [0.05, 0.1) is 12.7 Å². The number of fused-ring (bicyclic) bond motifs is 1. The van der Waals surface area contributed by atoms with Gasteiger partial charge in [-0.05, 0) is 17.0 Å². The Morgan fingerprint density at radius 2 is 1.78 bits per heavy atom. The van der Waals surface area contributed by atoms with E-state index in [9.17, 15) is 18.0 Å². The van der Waals surface area contributed by atoms with E-state index in [0.717, 1.165) is 22.9 Å². The van der Waals surface area contributed by atoms with Gasteiger partial charge in [-0.15, -0.1) is 0 Å². The molecular formula is C27H24F3N5O2. The molecule has 37 heavy (non-hydrogen) atoms. The smallest absolute Gasteiger partial charge is 0.434 e. The van der Waals surface area contributed by atoms with Crippen molar-refractivity contribution in [1.82, 2.24) is 19.5 Å². The largest absolute Gasteiger partial charge is 0.478 e. The molecule has 0 aliphatic carbocycles. The summed E-state index contributed by atoms with van der Waals surface area (Å²) < 4.78 is 46.0. The topological polar surface area (TPSA) is 73.1 Å². The molecule has 190 valence electrons. The van der Waals surface area contributed by atoms with E-state index in [-0.39, 0.29) is 30.8 Å². The Bertz CT molecular complexity index is 1460. The highest BCUT2D eigenvalue weighted by atomic mass is 19.4. The minimum atomic E-state index is -4.52. The lowest BCUT2D eigenvalue weighted by molar-refractivity contribution is -0.140. The van der Waals surface area contributed by atoms with Gasteiger partial charge < -0.3 is 9.30 Å². The van der Waals surface area contributed by atoms with Crippen molar-refractivity contribution >= 4 is 11.7 Å². The van der Waals surface area contributed by atoms with Gasteiger partial charge in [0.15, 0.2) is 29.7 Å². The molecule has 3 heterocycles. The molecule has 0 saturated carbocycles. The summed E-state index contributed by atoms with van der Waals surface area (Å²) in [6.07, 6.45) is -1.98. The van der Waals surface area contributed by atoms with Crippen LogP contribution in [0.1, 0.15) is 36.6 Å². The average molecular weight is 508 g/mol. The van der Waals surface area contributed by atoms with Gasteiger partial charge in [0, 0.05) is 24.4 Å². The lowest BCUT2D eigenvalue weighted by Crippen LogP contribution is -2.39. The summed E-state index contributed by atoms with van der Waals surface area (Å²) in [6.45, 7) is 4.26. The van der Waals surface area contributed by atoms with Crippen LogP contribution in [-0.4, -0.2) is 32.0 Å². The fourth-order valence-electron chi connectivity index (χ4n) is 4.30. The van der Waals surface area contributed by atoms with E-state index in [4.69, 9.17) is 9.72 Å². The number of alkyl halides is 3. The van der Waals surface area contributed by atoms with E-state index < -0.39 is 11.9 Å². The number of aryl methyl sites for hydroxylation is 1. The molecule has 0 radical (unpaired) electrons. The zero-order valence-electron chi connectivity index (χ0n) is 20.5. The van der Waals surface area contributed by atoms with Crippen LogP contribution in [0.4, 0.5) is 19.0 Å². The van der Waals surface area contributed by atoms with Crippen molar-refractivity contribution < 1.29 is 22.7 Å². The summed E-state index contributed by atoms with van der Waals surface area (Å²) in [5.41, 5.74) is 2.34. The Morgan fingerprint density at radius 1 is 1.05 bits per heavy atom. The maximum Gasteiger partial charge on any atom is 0.434 e. The molecule has 1 aliphatic rings. The maximum atomic E-state index is 13.0. The minimum Gasteiger partial charge on any atom is -0.478 e. The van der Waals surface area contributed by atoms with Crippen LogP contribution in [0.25, 0.3) is 22.8 Å². The number of hydrogen-bond donors (Lipinski definition) is 0. The SMILES string of the molecule is CC(C)c1ccccc1-c1ncc2c(n1)N(Cc1ccc(-c3nc(C(F)(F)F)cn3C)cc1)C(=O)CO2. The third-order valence-corrected chi connectivity index (χ3v) is 6.19. The second-order valence-electron chi connectivity index (χ2n) is 9.15. The number of aromatic nitrogens is 4. The van der Waals surface area contributed by atoms with Gasteiger partial charge in [-0.3, -0.25) is 9.69 Å². The van der Waals surface area contributed by atoms with Crippen LogP contribution in [0, 0.1) is 0 Å². The Kier molecular flexibility index (Phi) is 6.18. The molecule has 1 aliphatic heterocycles. The summed E-state index contributed by atoms with van der Waals surface area (Å²) in [6, 6.07) is 14.8. The molecular weight excluding hydrogens is 483 g/mol. The number of carbonyl (C=O) groups excluding carboxylic acids is 1. The average Bonchev–Trinajstić information content (AvgIpc) is 3.28. The third-order valence-electron chi connectivity index (χ3n) is 6.19. The normalized spacial score (nSPS) is 13.6. The van der Waals surface area contributed by atoms with Crippen LogP contribution in [0.2, 0.25) is 0 Å². The van der Waals surface area contributed by atoms with Crippen LogP contribution in [0.3, 0.4) is 0 Å².